The third kappa shape index (κ3) is 4.54. The summed E-state index contributed by atoms with van der Waals surface area (Å²) < 4.78 is 6.41. The first kappa shape index (κ1) is 23.1. The van der Waals surface area contributed by atoms with Crippen LogP contribution in [0.1, 0.15) is 48.5 Å². The van der Waals surface area contributed by atoms with Crippen LogP contribution in [0.15, 0.2) is 108 Å². The zero-order valence-corrected chi connectivity index (χ0v) is 20.4. The average Bonchev–Trinajstić information content (AvgIpc) is 2.84. The van der Waals surface area contributed by atoms with Gasteiger partial charge in [-0.25, -0.2) is 0 Å². The maximum absolute atomic E-state index is 14.0. The van der Waals surface area contributed by atoms with Crippen LogP contribution in [0.25, 0.3) is 0 Å². The monoisotopic (exact) mass is 483 g/mol. The van der Waals surface area contributed by atoms with Gasteiger partial charge in [-0.15, -0.1) is 0 Å². The molecule has 2 aliphatic rings. The number of benzene rings is 3. The number of hydrogen-bond acceptors (Lipinski definition) is 4. The van der Waals surface area contributed by atoms with Gasteiger partial charge in [-0.3, -0.25) is 9.59 Å². The highest BCUT2D eigenvalue weighted by atomic mass is 35.5. The number of hydrogen-bond donors (Lipinski definition) is 1. The number of halogens is 1. The molecule has 4 nitrogen and oxygen atoms in total. The lowest BCUT2D eigenvalue weighted by molar-refractivity contribution is -0.119. The average molecular weight is 484 g/mol. The summed E-state index contributed by atoms with van der Waals surface area (Å²) in [5.41, 5.74) is 2.66. The number of carbonyl (C=O) groups excluding carboxylic acids is 2. The third-order valence-corrected chi connectivity index (χ3v) is 6.80. The predicted octanol–water partition coefficient (Wildman–Crippen LogP) is 7.30. The highest BCUT2D eigenvalue weighted by Crippen LogP contribution is 2.50. The van der Waals surface area contributed by atoms with Gasteiger partial charge in [0.1, 0.15) is 5.76 Å². The van der Waals surface area contributed by atoms with Gasteiger partial charge in [0.25, 0.3) is 0 Å². The molecule has 3 aromatic rings. The van der Waals surface area contributed by atoms with Gasteiger partial charge < -0.3 is 10.1 Å². The van der Waals surface area contributed by atoms with Crippen LogP contribution in [0.3, 0.4) is 0 Å². The Morgan fingerprint density at radius 3 is 2.23 bits per heavy atom. The van der Waals surface area contributed by atoms with Crippen LogP contribution in [0.4, 0.5) is 5.69 Å². The van der Waals surface area contributed by atoms with Crippen molar-refractivity contribution in [1.29, 1.82) is 0 Å². The molecule has 1 unspecified atom stereocenters. The van der Waals surface area contributed by atoms with Crippen molar-refractivity contribution in [2.45, 2.75) is 32.6 Å². The van der Waals surface area contributed by atoms with E-state index in [0.29, 0.717) is 51.8 Å². The van der Waals surface area contributed by atoms with E-state index in [0.717, 1.165) is 5.69 Å². The molecular formula is C30H26ClNO3. The summed E-state index contributed by atoms with van der Waals surface area (Å²) in [5, 5.41) is 3.83. The van der Waals surface area contributed by atoms with E-state index in [4.69, 9.17) is 16.3 Å². The molecule has 0 amide bonds. The molecule has 0 aromatic heterocycles. The molecule has 0 bridgehead atoms. The lowest BCUT2D eigenvalue weighted by atomic mass is 9.69. The number of Topliss-reactive ketones (excluding diaryl/α,β-unsaturated/α-hetero) is 2. The maximum Gasteiger partial charge on any atom is 0.205 e. The van der Waals surface area contributed by atoms with E-state index in [1.54, 1.807) is 18.2 Å². The molecule has 5 heteroatoms. The first-order chi connectivity index (χ1) is 16.8. The number of ether oxygens (including phenoxy) is 1. The van der Waals surface area contributed by atoms with Crippen molar-refractivity contribution in [2.75, 3.05) is 5.32 Å². The van der Waals surface area contributed by atoms with Gasteiger partial charge in [-0.1, -0.05) is 92.2 Å². The molecule has 1 aliphatic heterocycles. The number of rotatable bonds is 5. The SMILES string of the molecule is CC1(C)CC(=O)C2=C(C1)OC(Nc1ccccc1)=C(C(=O)c1ccccc1)C2c1ccccc1Cl. The first-order valence-corrected chi connectivity index (χ1v) is 12.1. The van der Waals surface area contributed by atoms with Crippen molar-refractivity contribution in [3.05, 3.63) is 124 Å². The molecule has 35 heavy (non-hydrogen) atoms. The van der Waals surface area contributed by atoms with Crippen LogP contribution in [-0.2, 0) is 9.53 Å². The van der Waals surface area contributed by atoms with Crippen molar-refractivity contribution in [1.82, 2.24) is 0 Å². The number of carbonyl (C=O) groups is 2. The summed E-state index contributed by atoms with van der Waals surface area (Å²) in [4.78, 5) is 27.6. The van der Waals surface area contributed by atoms with Crippen molar-refractivity contribution >= 4 is 28.9 Å². The number of para-hydroxylation sites is 1. The maximum atomic E-state index is 14.0. The molecule has 3 aromatic carbocycles. The van der Waals surface area contributed by atoms with Crippen molar-refractivity contribution in [2.24, 2.45) is 5.41 Å². The second-order valence-corrected chi connectivity index (χ2v) is 10.2. The summed E-state index contributed by atoms with van der Waals surface area (Å²) >= 11 is 6.69. The molecule has 0 fully saturated rings. The summed E-state index contributed by atoms with van der Waals surface area (Å²) in [5.74, 6) is 0.0600. The number of anilines is 1. The van der Waals surface area contributed by atoms with Crippen molar-refractivity contribution < 1.29 is 14.3 Å². The smallest absolute Gasteiger partial charge is 0.205 e. The fourth-order valence-corrected chi connectivity index (χ4v) is 5.13. The molecule has 1 atom stereocenters. The Hall–Kier alpha value is -3.63. The van der Waals surface area contributed by atoms with Gasteiger partial charge in [-0.05, 0) is 29.2 Å². The normalized spacial score (nSPS) is 19.2. The van der Waals surface area contributed by atoms with E-state index in [1.807, 2.05) is 66.7 Å². The van der Waals surface area contributed by atoms with Crippen LogP contribution < -0.4 is 5.32 Å². The van der Waals surface area contributed by atoms with Crippen LogP contribution in [0.5, 0.6) is 0 Å². The Morgan fingerprint density at radius 1 is 0.914 bits per heavy atom. The first-order valence-electron chi connectivity index (χ1n) is 11.7. The Bertz CT molecular complexity index is 1360. The fraction of sp³-hybridized carbons (Fsp3) is 0.200. The van der Waals surface area contributed by atoms with Crippen molar-refractivity contribution in [3.63, 3.8) is 0 Å². The minimum absolute atomic E-state index is 0.0155. The largest absolute Gasteiger partial charge is 0.444 e. The van der Waals surface area contributed by atoms with Gasteiger partial charge >= 0.3 is 0 Å². The minimum Gasteiger partial charge on any atom is -0.444 e. The molecule has 0 spiro atoms. The van der Waals surface area contributed by atoms with Crippen LogP contribution >= 0.6 is 11.6 Å². The summed E-state index contributed by atoms with van der Waals surface area (Å²) in [6, 6.07) is 26.0. The molecule has 0 saturated heterocycles. The minimum atomic E-state index is -0.644. The quantitative estimate of drug-likeness (QED) is 0.387. The van der Waals surface area contributed by atoms with Gasteiger partial charge in [0, 0.05) is 34.7 Å². The summed E-state index contributed by atoms with van der Waals surface area (Å²) in [6.45, 7) is 4.11. The van der Waals surface area contributed by atoms with Gasteiger partial charge in [0.15, 0.2) is 11.6 Å². The van der Waals surface area contributed by atoms with E-state index in [-0.39, 0.29) is 17.0 Å². The molecule has 0 saturated carbocycles. The zero-order chi connectivity index (χ0) is 24.6. The van der Waals surface area contributed by atoms with Gasteiger partial charge in [0.2, 0.25) is 5.88 Å². The zero-order valence-electron chi connectivity index (χ0n) is 19.7. The predicted molar refractivity (Wildman–Crippen MR) is 138 cm³/mol. The second kappa shape index (κ2) is 9.20. The Morgan fingerprint density at radius 2 is 1.54 bits per heavy atom. The molecule has 5 rings (SSSR count). The number of ketones is 2. The topological polar surface area (TPSA) is 55.4 Å². The van der Waals surface area contributed by atoms with E-state index >= 15 is 0 Å². The fourth-order valence-electron chi connectivity index (χ4n) is 4.89. The van der Waals surface area contributed by atoms with Crippen LogP contribution in [-0.4, -0.2) is 11.6 Å². The molecular weight excluding hydrogens is 458 g/mol. The van der Waals surface area contributed by atoms with E-state index in [1.165, 1.54) is 0 Å². The number of nitrogens with one attached hydrogen (secondary N) is 1. The lowest BCUT2D eigenvalue weighted by Crippen LogP contribution is -2.35. The van der Waals surface area contributed by atoms with Gasteiger partial charge in [-0.2, -0.15) is 0 Å². The molecule has 1 aliphatic carbocycles. The van der Waals surface area contributed by atoms with Crippen LogP contribution in [0.2, 0.25) is 5.02 Å². The molecule has 176 valence electrons. The standard InChI is InChI=1S/C30H26ClNO3/c1-30(2)17-23(33)26-24(18-30)35-29(32-20-13-7-4-8-14-20)27(28(34)19-11-5-3-6-12-19)25(26)21-15-9-10-16-22(21)31/h3-16,25,32H,17-18H2,1-2H3. The lowest BCUT2D eigenvalue weighted by Gasteiger charge is -2.39. The molecule has 1 N–H and O–H groups in total. The summed E-state index contributed by atoms with van der Waals surface area (Å²) in [6.07, 6.45) is 0.964. The van der Waals surface area contributed by atoms with E-state index in [2.05, 4.69) is 19.2 Å². The summed E-state index contributed by atoms with van der Waals surface area (Å²) in [7, 11) is 0. The van der Waals surface area contributed by atoms with E-state index in [9.17, 15) is 9.59 Å². The second-order valence-electron chi connectivity index (χ2n) is 9.76. The van der Waals surface area contributed by atoms with Crippen molar-refractivity contribution in [3.8, 4) is 0 Å². The Kier molecular flexibility index (Phi) is 6.08. The Labute approximate surface area is 210 Å². The molecule has 1 heterocycles. The van der Waals surface area contributed by atoms with Gasteiger partial charge in [0.05, 0.1) is 11.5 Å². The highest BCUT2D eigenvalue weighted by Gasteiger charge is 2.45. The van der Waals surface area contributed by atoms with Crippen LogP contribution in [0, 0.1) is 5.41 Å². The van der Waals surface area contributed by atoms with E-state index < -0.39 is 5.92 Å². The number of allylic oxidation sites excluding steroid dienone is 3. The highest BCUT2D eigenvalue weighted by molar-refractivity contribution is 6.31. The molecule has 0 radical (unpaired) electrons. The Balaban J connectivity index is 1.76. The third-order valence-electron chi connectivity index (χ3n) is 6.45.